The summed E-state index contributed by atoms with van der Waals surface area (Å²) >= 11 is 0. The number of nitrogens with zero attached hydrogens (tertiary/aromatic N) is 5. The van der Waals surface area contributed by atoms with Gasteiger partial charge in [-0.25, -0.2) is 4.98 Å². The van der Waals surface area contributed by atoms with Crippen molar-refractivity contribution in [2.24, 2.45) is 0 Å². The third-order valence-corrected chi connectivity index (χ3v) is 12.0. The van der Waals surface area contributed by atoms with Crippen LogP contribution in [0.2, 0.25) is 0 Å². The SMILES string of the molecule is c1ccc(-c2ccc(-c3nc(-c4ccccc4-n4c5ccccc5c5cc(-c6ccccc6)cc(-c6ccccc6)c54)nc(-n4c5ccccc5c5ccccc54)n3)cc2)cc1. The Morgan fingerprint density at radius 1 is 0.274 bits per heavy atom. The second-order valence-electron chi connectivity index (χ2n) is 15.6. The zero-order chi connectivity index (χ0) is 41.0. The van der Waals surface area contributed by atoms with Crippen LogP contribution in [0.3, 0.4) is 0 Å². The molecule has 9 aromatic carbocycles. The number of aromatic nitrogens is 5. The van der Waals surface area contributed by atoms with E-state index >= 15 is 0 Å². The predicted molar refractivity (Wildman–Crippen MR) is 256 cm³/mol. The quantitative estimate of drug-likeness (QED) is 0.162. The van der Waals surface area contributed by atoms with Gasteiger partial charge in [-0.3, -0.25) is 4.57 Å². The highest BCUT2D eigenvalue weighted by molar-refractivity contribution is 6.16. The van der Waals surface area contributed by atoms with Crippen molar-refractivity contribution in [3.63, 3.8) is 0 Å². The molecule has 0 N–H and O–H groups in total. The molecule has 12 rings (SSSR count). The lowest BCUT2D eigenvalue weighted by Gasteiger charge is -2.17. The highest BCUT2D eigenvalue weighted by Crippen LogP contribution is 2.43. The summed E-state index contributed by atoms with van der Waals surface area (Å²) in [6.07, 6.45) is 0. The molecule has 0 unspecified atom stereocenters. The summed E-state index contributed by atoms with van der Waals surface area (Å²) in [5.41, 5.74) is 14.0. The molecule has 0 aliphatic heterocycles. The number of para-hydroxylation sites is 4. The fraction of sp³-hybridized carbons (Fsp3) is 0. The first-order chi connectivity index (χ1) is 30.8. The molecule has 0 spiro atoms. The van der Waals surface area contributed by atoms with E-state index in [4.69, 9.17) is 15.0 Å². The third-order valence-electron chi connectivity index (χ3n) is 12.0. The van der Waals surface area contributed by atoms with Gasteiger partial charge in [-0.2, -0.15) is 9.97 Å². The van der Waals surface area contributed by atoms with Crippen LogP contribution in [-0.4, -0.2) is 24.1 Å². The molecule has 0 atom stereocenters. The van der Waals surface area contributed by atoms with E-state index < -0.39 is 0 Å². The molecular weight excluding hydrogens is 755 g/mol. The van der Waals surface area contributed by atoms with Crippen molar-refractivity contribution < 1.29 is 0 Å². The molecular formula is C57H37N5. The van der Waals surface area contributed by atoms with E-state index in [1.807, 2.05) is 6.07 Å². The number of fused-ring (bicyclic) bond motifs is 6. The molecule has 0 fully saturated rings. The molecule has 3 heterocycles. The monoisotopic (exact) mass is 791 g/mol. The summed E-state index contributed by atoms with van der Waals surface area (Å²) in [6, 6.07) is 79.3. The van der Waals surface area contributed by atoms with Crippen LogP contribution >= 0.6 is 0 Å². The van der Waals surface area contributed by atoms with Gasteiger partial charge in [0, 0.05) is 38.2 Å². The summed E-state index contributed by atoms with van der Waals surface area (Å²) in [7, 11) is 0. The molecule has 0 aliphatic rings. The second-order valence-corrected chi connectivity index (χ2v) is 15.6. The molecule has 0 saturated carbocycles. The van der Waals surface area contributed by atoms with Crippen LogP contribution in [-0.2, 0) is 0 Å². The van der Waals surface area contributed by atoms with Gasteiger partial charge in [0.25, 0.3) is 0 Å². The van der Waals surface area contributed by atoms with Gasteiger partial charge in [-0.15, -0.1) is 0 Å². The predicted octanol–water partition coefficient (Wildman–Crippen LogP) is 14.4. The zero-order valence-corrected chi connectivity index (χ0v) is 33.6. The molecule has 0 amide bonds. The lowest BCUT2D eigenvalue weighted by Crippen LogP contribution is -2.08. The van der Waals surface area contributed by atoms with E-state index in [0.29, 0.717) is 17.6 Å². The lowest BCUT2D eigenvalue weighted by molar-refractivity contribution is 0.951. The van der Waals surface area contributed by atoms with E-state index in [0.717, 1.165) is 71.9 Å². The lowest BCUT2D eigenvalue weighted by atomic mass is 9.95. The van der Waals surface area contributed by atoms with Crippen molar-refractivity contribution in [3.05, 3.63) is 224 Å². The van der Waals surface area contributed by atoms with Gasteiger partial charge in [0.2, 0.25) is 5.95 Å². The van der Waals surface area contributed by atoms with Gasteiger partial charge in [-0.1, -0.05) is 182 Å². The Labute approximate surface area is 358 Å². The molecule has 62 heavy (non-hydrogen) atoms. The van der Waals surface area contributed by atoms with E-state index in [1.165, 1.54) is 21.9 Å². The van der Waals surface area contributed by atoms with Gasteiger partial charge in [0.05, 0.1) is 27.8 Å². The van der Waals surface area contributed by atoms with Crippen LogP contribution in [0.25, 0.3) is 111 Å². The fourth-order valence-electron chi connectivity index (χ4n) is 9.14. The molecule has 5 nitrogen and oxygen atoms in total. The fourth-order valence-corrected chi connectivity index (χ4v) is 9.14. The Kier molecular flexibility index (Phi) is 8.42. The Morgan fingerprint density at radius 2 is 0.726 bits per heavy atom. The largest absolute Gasteiger partial charge is 0.308 e. The van der Waals surface area contributed by atoms with Crippen molar-refractivity contribution in [1.82, 2.24) is 24.1 Å². The second kappa shape index (κ2) is 14.7. The molecule has 290 valence electrons. The van der Waals surface area contributed by atoms with Crippen molar-refractivity contribution >= 4 is 43.6 Å². The Bertz CT molecular complexity index is 3550. The molecule has 0 radical (unpaired) electrons. The summed E-state index contributed by atoms with van der Waals surface area (Å²) in [5.74, 6) is 1.74. The molecule has 5 heteroatoms. The van der Waals surface area contributed by atoms with Crippen LogP contribution in [0, 0.1) is 0 Å². The average molecular weight is 792 g/mol. The van der Waals surface area contributed by atoms with Gasteiger partial charge < -0.3 is 4.57 Å². The first-order valence-electron chi connectivity index (χ1n) is 21.0. The Hall–Kier alpha value is -8.41. The normalized spacial score (nSPS) is 11.5. The molecule has 0 aliphatic carbocycles. The van der Waals surface area contributed by atoms with Crippen LogP contribution in [0.1, 0.15) is 0 Å². The van der Waals surface area contributed by atoms with Gasteiger partial charge in [0.1, 0.15) is 0 Å². The first kappa shape index (κ1) is 35.5. The van der Waals surface area contributed by atoms with E-state index in [2.05, 4.69) is 228 Å². The summed E-state index contributed by atoms with van der Waals surface area (Å²) in [5, 5.41) is 4.64. The van der Waals surface area contributed by atoms with Crippen LogP contribution in [0.15, 0.2) is 224 Å². The number of rotatable bonds is 7. The maximum absolute atomic E-state index is 5.43. The average Bonchev–Trinajstić information content (AvgIpc) is 3.87. The first-order valence-corrected chi connectivity index (χ1v) is 21.0. The van der Waals surface area contributed by atoms with Gasteiger partial charge in [-0.05, 0) is 70.3 Å². The number of hydrogen-bond donors (Lipinski definition) is 0. The molecule has 0 saturated heterocycles. The Morgan fingerprint density at radius 3 is 1.35 bits per heavy atom. The van der Waals surface area contributed by atoms with E-state index in [-0.39, 0.29) is 0 Å². The number of hydrogen-bond acceptors (Lipinski definition) is 3. The van der Waals surface area contributed by atoms with Crippen molar-refractivity contribution in [3.8, 4) is 67.8 Å². The van der Waals surface area contributed by atoms with Crippen LogP contribution in [0.5, 0.6) is 0 Å². The van der Waals surface area contributed by atoms with E-state index in [1.54, 1.807) is 0 Å². The third kappa shape index (κ3) is 5.90. The zero-order valence-electron chi connectivity index (χ0n) is 33.6. The smallest absolute Gasteiger partial charge is 0.238 e. The molecule has 0 bridgehead atoms. The summed E-state index contributed by atoms with van der Waals surface area (Å²) < 4.78 is 4.59. The summed E-state index contributed by atoms with van der Waals surface area (Å²) in [6.45, 7) is 0. The number of benzene rings is 9. The summed E-state index contributed by atoms with van der Waals surface area (Å²) in [4.78, 5) is 16.1. The van der Waals surface area contributed by atoms with E-state index in [9.17, 15) is 0 Å². The highest BCUT2D eigenvalue weighted by Gasteiger charge is 2.23. The topological polar surface area (TPSA) is 48.5 Å². The van der Waals surface area contributed by atoms with Gasteiger partial charge >= 0.3 is 0 Å². The maximum atomic E-state index is 5.43. The minimum absolute atomic E-state index is 0.559. The van der Waals surface area contributed by atoms with Crippen molar-refractivity contribution in [1.29, 1.82) is 0 Å². The maximum Gasteiger partial charge on any atom is 0.238 e. The van der Waals surface area contributed by atoms with Crippen molar-refractivity contribution in [2.45, 2.75) is 0 Å². The Balaban J connectivity index is 1.14. The van der Waals surface area contributed by atoms with Gasteiger partial charge in [0.15, 0.2) is 11.6 Å². The molecule has 12 aromatic rings. The van der Waals surface area contributed by atoms with Crippen LogP contribution < -0.4 is 0 Å². The standard InChI is InChI=1S/C57H37N5/c1-4-18-38(19-5-1)40-32-34-42(35-33-40)55-58-56(60-57(59-55)62-51-29-15-10-24-44(51)45-25-11-16-30-52(45)62)47-27-13-17-31-53(47)61-50-28-14-12-26-46(50)49-37-43(39-20-6-2-7-21-39)36-48(54(49)61)41-22-8-3-9-23-41/h1-37H. The van der Waals surface area contributed by atoms with Crippen LogP contribution in [0.4, 0.5) is 0 Å². The van der Waals surface area contributed by atoms with Crippen molar-refractivity contribution in [2.75, 3.05) is 0 Å². The highest BCUT2D eigenvalue weighted by atomic mass is 15.2. The molecule has 3 aromatic heterocycles. The minimum Gasteiger partial charge on any atom is -0.308 e. The minimum atomic E-state index is 0.559.